The smallest absolute Gasteiger partial charge is 0.243 e. The van der Waals surface area contributed by atoms with Crippen LogP contribution in [0.3, 0.4) is 0 Å². The molecule has 5 nitrogen and oxygen atoms in total. The minimum atomic E-state index is -3.48. The fraction of sp³-hybridized carbons (Fsp3) is 0.280. The van der Waals surface area contributed by atoms with Gasteiger partial charge < -0.3 is 4.74 Å². The van der Waals surface area contributed by atoms with Crippen LogP contribution in [-0.2, 0) is 23.0 Å². The number of para-hydroxylation sites is 1. The van der Waals surface area contributed by atoms with Crippen molar-refractivity contribution in [3.63, 3.8) is 0 Å². The summed E-state index contributed by atoms with van der Waals surface area (Å²) in [4.78, 5) is 2.72. The Bertz CT molecular complexity index is 1190. The highest BCUT2D eigenvalue weighted by molar-refractivity contribution is 7.89. The number of hydrogen-bond acceptors (Lipinski definition) is 4. The maximum Gasteiger partial charge on any atom is 0.243 e. The second-order valence-corrected chi connectivity index (χ2v) is 10.2. The van der Waals surface area contributed by atoms with Gasteiger partial charge in [-0.3, -0.25) is 4.90 Å². The third kappa shape index (κ3) is 3.99. The second kappa shape index (κ2) is 8.11. The van der Waals surface area contributed by atoms with Crippen LogP contribution in [0.25, 0.3) is 0 Å². The highest BCUT2D eigenvalue weighted by Gasteiger charge is 2.40. The van der Waals surface area contributed by atoms with Crippen molar-refractivity contribution in [2.24, 2.45) is 0 Å². The average molecular weight is 435 g/mol. The van der Waals surface area contributed by atoms with Crippen LogP contribution >= 0.6 is 0 Å². The van der Waals surface area contributed by atoms with Crippen LogP contribution in [-0.4, -0.2) is 43.3 Å². The molecule has 6 heteroatoms. The van der Waals surface area contributed by atoms with Gasteiger partial charge in [-0.25, -0.2) is 8.42 Å². The standard InChI is InChI=1S/C25H26N2O3S/c1-19-6-2-5-9-25(19)30-23-10-12-24(13-11-23)31(28,29)27-17-22(18-27)26-15-14-20-7-3-4-8-21(20)16-26/h2-13,22H,14-18H2,1H3. The number of sulfonamides is 1. The van der Waals surface area contributed by atoms with Gasteiger partial charge in [-0.05, 0) is 60.4 Å². The van der Waals surface area contributed by atoms with Gasteiger partial charge in [-0.2, -0.15) is 4.31 Å². The summed E-state index contributed by atoms with van der Waals surface area (Å²) in [6.45, 7) is 4.97. The van der Waals surface area contributed by atoms with E-state index in [4.69, 9.17) is 4.74 Å². The van der Waals surface area contributed by atoms with E-state index >= 15 is 0 Å². The van der Waals surface area contributed by atoms with Gasteiger partial charge in [-0.1, -0.05) is 42.5 Å². The zero-order chi connectivity index (χ0) is 21.4. The maximum atomic E-state index is 13.0. The molecule has 1 saturated heterocycles. The van der Waals surface area contributed by atoms with Gasteiger partial charge in [0, 0.05) is 32.2 Å². The molecule has 2 aliphatic rings. The molecule has 0 N–H and O–H groups in total. The quantitative estimate of drug-likeness (QED) is 0.603. The van der Waals surface area contributed by atoms with Gasteiger partial charge in [-0.15, -0.1) is 0 Å². The third-order valence-corrected chi connectivity index (χ3v) is 8.13. The monoisotopic (exact) mass is 434 g/mol. The summed E-state index contributed by atoms with van der Waals surface area (Å²) < 4.78 is 33.5. The number of ether oxygens (including phenoxy) is 1. The SMILES string of the molecule is Cc1ccccc1Oc1ccc(S(=O)(=O)N2CC(N3CCc4ccccc4C3)C2)cc1. The number of aryl methyl sites for hydroxylation is 1. The van der Waals surface area contributed by atoms with E-state index in [0.29, 0.717) is 23.7 Å². The molecule has 0 bridgehead atoms. The molecule has 3 aromatic rings. The summed E-state index contributed by atoms with van der Waals surface area (Å²) in [5.41, 5.74) is 3.81. The second-order valence-electron chi connectivity index (χ2n) is 8.30. The van der Waals surface area contributed by atoms with Gasteiger partial charge in [0.1, 0.15) is 11.5 Å². The zero-order valence-corrected chi connectivity index (χ0v) is 18.4. The Morgan fingerprint density at radius 2 is 1.55 bits per heavy atom. The van der Waals surface area contributed by atoms with Crippen molar-refractivity contribution in [1.82, 2.24) is 9.21 Å². The van der Waals surface area contributed by atoms with Crippen LogP contribution in [0.2, 0.25) is 0 Å². The lowest BCUT2D eigenvalue weighted by atomic mass is 9.97. The van der Waals surface area contributed by atoms with Crippen molar-refractivity contribution >= 4 is 10.0 Å². The molecule has 0 spiro atoms. The van der Waals surface area contributed by atoms with Crippen LogP contribution < -0.4 is 4.74 Å². The lowest BCUT2D eigenvalue weighted by Crippen LogP contribution is -2.61. The minimum absolute atomic E-state index is 0.284. The first-order chi connectivity index (χ1) is 15.0. The molecule has 5 rings (SSSR count). The van der Waals surface area contributed by atoms with E-state index in [0.717, 1.165) is 30.8 Å². The molecule has 0 aromatic heterocycles. The third-order valence-electron chi connectivity index (χ3n) is 6.29. The summed E-state index contributed by atoms with van der Waals surface area (Å²) in [5, 5.41) is 0. The van der Waals surface area contributed by atoms with Crippen LogP contribution in [0.15, 0.2) is 77.7 Å². The first kappa shape index (κ1) is 20.2. The van der Waals surface area contributed by atoms with Crippen LogP contribution in [0, 0.1) is 6.92 Å². The Kier molecular flexibility index (Phi) is 5.30. The molecular weight excluding hydrogens is 408 g/mol. The Morgan fingerprint density at radius 3 is 2.29 bits per heavy atom. The summed E-state index contributed by atoms with van der Waals surface area (Å²) >= 11 is 0. The first-order valence-corrected chi connectivity index (χ1v) is 12.1. The molecule has 1 fully saturated rings. The summed E-state index contributed by atoms with van der Waals surface area (Å²) in [6.07, 6.45) is 1.03. The molecule has 0 saturated carbocycles. The molecule has 0 atom stereocenters. The molecule has 2 aliphatic heterocycles. The van der Waals surface area contributed by atoms with Crippen LogP contribution in [0.1, 0.15) is 16.7 Å². The molecule has 31 heavy (non-hydrogen) atoms. The van der Waals surface area contributed by atoms with Crippen molar-refractivity contribution in [3.8, 4) is 11.5 Å². The molecular formula is C25H26N2O3S. The molecule has 0 aliphatic carbocycles. The number of fused-ring (bicyclic) bond motifs is 1. The van der Waals surface area contributed by atoms with Gasteiger partial charge in [0.2, 0.25) is 10.0 Å². The largest absolute Gasteiger partial charge is 0.457 e. The summed E-state index contributed by atoms with van der Waals surface area (Å²) in [6, 6.07) is 23.3. The van der Waals surface area contributed by atoms with Crippen molar-refractivity contribution in [2.45, 2.75) is 30.8 Å². The average Bonchev–Trinajstić information content (AvgIpc) is 2.74. The summed E-state index contributed by atoms with van der Waals surface area (Å²) in [7, 11) is -3.48. The van der Waals surface area contributed by atoms with E-state index in [-0.39, 0.29) is 6.04 Å². The topological polar surface area (TPSA) is 49.9 Å². The highest BCUT2D eigenvalue weighted by atomic mass is 32.2. The van der Waals surface area contributed by atoms with E-state index in [1.54, 1.807) is 28.6 Å². The first-order valence-electron chi connectivity index (χ1n) is 10.7. The molecule has 0 radical (unpaired) electrons. The Hall–Kier alpha value is -2.67. The fourth-order valence-corrected chi connectivity index (χ4v) is 5.81. The van der Waals surface area contributed by atoms with Crippen LogP contribution in [0.4, 0.5) is 0 Å². The van der Waals surface area contributed by atoms with Crippen molar-refractivity contribution in [2.75, 3.05) is 19.6 Å². The molecule has 3 aromatic carbocycles. The van der Waals surface area contributed by atoms with E-state index in [1.165, 1.54) is 11.1 Å². The van der Waals surface area contributed by atoms with E-state index in [1.807, 2.05) is 31.2 Å². The number of rotatable bonds is 5. The van der Waals surface area contributed by atoms with Crippen molar-refractivity contribution in [1.29, 1.82) is 0 Å². The van der Waals surface area contributed by atoms with Gasteiger partial charge in [0.25, 0.3) is 0 Å². The Morgan fingerprint density at radius 1 is 0.871 bits per heavy atom. The number of nitrogens with zero attached hydrogens (tertiary/aromatic N) is 2. The molecule has 160 valence electrons. The van der Waals surface area contributed by atoms with E-state index in [2.05, 4.69) is 29.2 Å². The lowest BCUT2D eigenvalue weighted by molar-refractivity contribution is 0.0769. The Balaban J connectivity index is 1.22. The van der Waals surface area contributed by atoms with Crippen molar-refractivity contribution < 1.29 is 13.2 Å². The normalized spacial score (nSPS) is 17.7. The number of benzene rings is 3. The van der Waals surface area contributed by atoms with Gasteiger partial charge in [0.05, 0.1) is 4.90 Å². The summed E-state index contributed by atoms with van der Waals surface area (Å²) in [5.74, 6) is 1.40. The lowest BCUT2D eigenvalue weighted by Gasteiger charge is -2.46. The van der Waals surface area contributed by atoms with Crippen molar-refractivity contribution in [3.05, 3.63) is 89.5 Å². The van der Waals surface area contributed by atoms with E-state index in [9.17, 15) is 8.42 Å². The predicted octanol–water partition coefficient (Wildman–Crippen LogP) is 4.22. The Labute approximate surface area is 183 Å². The highest BCUT2D eigenvalue weighted by Crippen LogP contribution is 2.30. The van der Waals surface area contributed by atoms with Crippen LogP contribution in [0.5, 0.6) is 11.5 Å². The maximum absolute atomic E-state index is 13.0. The fourth-order valence-electron chi connectivity index (χ4n) is 4.30. The molecule has 0 unspecified atom stereocenters. The van der Waals surface area contributed by atoms with Gasteiger partial charge >= 0.3 is 0 Å². The minimum Gasteiger partial charge on any atom is -0.457 e. The molecule has 0 amide bonds. The van der Waals surface area contributed by atoms with E-state index < -0.39 is 10.0 Å². The van der Waals surface area contributed by atoms with Gasteiger partial charge in [0.15, 0.2) is 0 Å². The predicted molar refractivity (Wildman–Crippen MR) is 121 cm³/mol. The zero-order valence-electron chi connectivity index (χ0n) is 17.6. The number of hydrogen-bond donors (Lipinski definition) is 0. The molecule has 2 heterocycles.